The molecule has 3 fully saturated rings. The van der Waals surface area contributed by atoms with Crippen molar-refractivity contribution in [3.63, 3.8) is 0 Å². The average Bonchev–Trinajstić information content (AvgIpc) is 2.79. The highest BCUT2D eigenvalue weighted by molar-refractivity contribution is 5.00. The molecule has 3 saturated heterocycles. The fourth-order valence-electron chi connectivity index (χ4n) is 4.89. The van der Waals surface area contributed by atoms with Gasteiger partial charge in [-0.15, -0.1) is 0 Å². The molecular formula is C16H30N2. The Balaban J connectivity index is 1.73. The lowest BCUT2D eigenvalue weighted by Crippen LogP contribution is -2.53. The lowest BCUT2D eigenvalue weighted by Gasteiger charge is -2.52. The van der Waals surface area contributed by atoms with Crippen molar-refractivity contribution in [3.05, 3.63) is 0 Å². The molecule has 3 rings (SSSR count). The van der Waals surface area contributed by atoms with Crippen molar-refractivity contribution < 1.29 is 0 Å². The SMILES string of the molecule is CC(C)CC1CNCCC12CCN1CCCC1C2. The zero-order chi connectivity index (χ0) is 12.6. The molecule has 0 aromatic rings. The second-order valence-electron chi connectivity index (χ2n) is 7.43. The fraction of sp³-hybridized carbons (Fsp3) is 1.00. The molecule has 18 heavy (non-hydrogen) atoms. The number of hydrogen-bond acceptors (Lipinski definition) is 2. The van der Waals surface area contributed by atoms with E-state index in [1.165, 1.54) is 64.7 Å². The molecule has 3 unspecified atom stereocenters. The second-order valence-corrected chi connectivity index (χ2v) is 7.43. The topological polar surface area (TPSA) is 15.3 Å². The summed E-state index contributed by atoms with van der Waals surface area (Å²) in [4.78, 5) is 2.78. The molecular weight excluding hydrogens is 220 g/mol. The third-order valence-electron chi connectivity index (χ3n) is 5.85. The van der Waals surface area contributed by atoms with Crippen LogP contribution in [0.15, 0.2) is 0 Å². The van der Waals surface area contributed by atoms with Crippen molar-refractivity contribution in [2.45, 2.75) is 58.4 Å². The molecule has 1 N–H and O–H groups in total. The van der Waals surface area contributed by atoms with Crippen LogP contribution in [0.5, 0.6) is 0 Å². The molecule has 0 amide bonds. The van der Waals surface area contributed by atoms with Gasteiger partial charge in [-0.05, 0) is 82.0 Å². The predicted molar refractivity (Wildman–Crippen MR) is 76.7 cm³/mol. The van der Waals surface area contributed by atoms with Gasteiger partial charge >= 0.3 is 0 Å². The van der Waals surface area contributed by atoms with Gasteiger partial charge in [0, 0.05) is 6.04 Å². The third kappa shape index (κ3) is 2.34. The summed E-state index contributed by atoms with van der Waals surface area (Å²) in [5, 5.41) is 3.66. The third-order valence-corrected chi connectivity index (χ3v) is 5.85. The van der Waals surface area contributed by atoms with Crippen LogP contribution in [-0.2, 0) is 0 Å². The van der Waals surface area contributed by atoms with E-state index in [0.29, 0.717) is 5.41 Å². The highest BCUT2D eigenvalue weighted by Crippen LogP contribution is 2.49. The predicted octanol–water partition coefficient (Wildman–Crippen LogP) is 2.89. The van der Waals surface area contributed by atoms with E-state index in [4.69, 9.17) is 0 Å². The van der Waals surface area contributed by atoms with Crippen LogP contribution in [0.25, 0.3) is 0 Å². The fourth-order valence-corrected chi connectivity index (χ4v) is 4.89. The van der Waals surface area contributed by atoms with Gasteiger partial charge in [0.2, 0.25) is 0 Å². The van der Waals surface area contributed by atoms with E-state index >= 15 is 0 Å². The molecule has 0 aromatic heterocycles. The van der Waals surface area contributed by atoms with Crippen LogP contribution in [0.1, 0.15) is 52.4 Å². The van der Waals surface area contributed by atoms with E-state index in [0.717, 1.165) is 17.9 Å². The number of fused-ring (bicyclic) bond motifs is 1. The van der Waals surface area contributed by atoms with Gasteiger partial charge in [0.25, 0.3) is 0 Å². The summed E-state index contributed by atoms with van der Waals surface area (Å²) in [6.45, 7) is 10.1. The van der Waals surface area contributed by atoms with Gasteiger partial charge < -0.3 is 10.2 Å². The Hall–Kier alpha value is -0.0800. The van der Waals surface area contributed by atoms with Crippen molar-refractivity contribution in [1.82, 2.24) is 10.2 Å². The molecule has 2 heteroatoms. The van der Waals surface area contributed by atoms with Gasteiger partial charge in [-0.1, -0.05) is 13.8 Å². The molecule has 0 radical (unpaired) electrons. The van der Waals surface area contributed by atoms with E-state index in [-0.39, 0.29) is 0 Å². The van der Waals surface area contributed by atoms with Crippen molar-refractivity contribution >= 4 is 0 Å². The first kappa shape index (κ1) is 12.9. The van der Waals surface area contributed by atoms with E-state index in [9.17, 15) is 0 Å². The van der Waals surface area contributed by atoms with Crippen molar-refractivity contribution in [2.75, 3.05) is 26.2 Å². The first-order valence-electron chi connectivity index (χ1n) is 8.14. The highest BCUT2D eigenvalue weighted by atomic mass is 15.2. The smallest absolute Gasteiger partial charge is 0.0101 e. The molecule has 3 heterocycles. The summed E-state index contributed by atoms with van der Waals surface area (Å²) in [7, 11) is 0. The number of nitrogens with one attached hydrogen (secondary N) is 1. The van der Waals surface area contributed by atoms with Crippen molar-refractivity contribution in [3.8, 4) is 0 Å². The Kier molecular flexibility index (Phi) is 3.68. The quantitative estimate of drug-likeness (QED) is 0.810. The molecule has 0 saturated carbocycles. The summed E-state index contributed by atoms with van der Waals surface area (Å²) < 4.78 is 0. The average molecular weight is 250 g/mol. The normalized spacial score (nSPS) is 41.5. The molecule has 1 spiro atoms. The first-order chi connectivity index (χ1) is 8.70. The van der Waals surface area contributed by atoms with Crippen LogP contribution < -0.4 is 5.32 Å². The molecule has 0 aromatic carbocycles. The van der Waals surface area contributed by atoms with Gasteiger partial charge in [-0.25, -0.2) is 0 Å². The molecule has 3 aliphatic heterocycles. The number of piperidine rings is 2. The van der Waals surface area contributed by atoms with Gasteiger partial charge in [0.1, 0.15) is 0 Å². The van der Waals surface area contributed by atoms with E-state index in [2.05, 4.69) is 24.1 Å². The maximum atomic E-state index is 3.66. The van der Waals surface area contributed by atoms with E-state index in [1.54, 1.807) is 0 Å². The van der Waals surface area contributed by atoms with Gasteiger partial charge in [0.05, 0.1) is 0 Å². The number of rotatable bonds is 2. The summed E-state index contributed by atoms with van der Waals surface area (Å²) >= 11 is 0. The molecule has 3 atom stereocenters. The number of nitrogens with zero attached hydrogens (tertiary/aromatic N) is 1. The molecule has 104 valence electrons. The van der Waals surface area contributed by atoms with Crippen LogP contribution in [0, 0.1) is 17.3 Å². The van der Waals surface area contributed by atoms with Crippen LogP contribution in [0.3, 0.4) is 0 Å². The Morgan fingerprint density at radius 3 is 3.00 bits per heavy atom. The Morgan fingerprint density at radius 1 is 1.28 bits per heavy atom. The summed E-state index contributed by atoms with van der Waals surface area (Å²) in [5.41, 5.74) is 0.695. The second kappa shape index (κ2) is 5.13. The minimum absolute atomic E-state index is 0.695. The molecule has 3 aliphatic rings. The van der Waals surface area contributed by atoms with E-state index in [1.807, 2.05) is 0 Å². The van der Waals surface area contributed by atoms with Crippen LogP contribution in [0.2, 0.25) is 0 Å². The maximum Gasteiger partial charge on any atom is 0.0101 e. The maximum absolute atomic E-state index is 3.66. The molecule has 0 aliphatic carbocycles. The van der Waals surface area contributed by atoms with Crippen molar-refractivity contribution in [2.24, 2.45) is 17.3 Å². The summed E-state index contributed by atoms with van der Waals surface area (Å²) in [5.74, 6) is 1.79. The highest BCUT2D eigenvalue weighted by Gasteiger charge is 2.46. The summed E-state index contributed by atoms with van der Waals surface area (Å²) in [6.07, 6.45) is 8.78. The Bertz CT molecular complexity index is 289. The number of hydrogen-bond donors (Lipinski definition) is 1. The van der Waals surface area contributed by atoms with Gasteiger partial charge in [-0.3, -0.25) is 0 Å². The van der Waals surface area contributed by atoms with Crippen LogP contribution >= 0.6 is 0 Å². The Labute approximate surface area is 113 Å². The van der Waals surface area contributed by atoms with Crippen LogP contribution in [-0.4, -0.2) is 37.1 Å². The molecule has 2 nitrogen and oxygen atoms in total. The van der Waals surface area contributed by atoms with Crippen molar-refractivity contribution in [1.29, 1.82) is 0 Å². The zero-order valence-electron chi connectivity index (χ0n) is 12.3. The molecule has 0 bridgehead atoms. The summed E-state index contributed by atoms with van der Waals surface area (Å²) in [6, 6.07) is 0.937. The lowest BCUT2D eigenvalue weighted by atomic mass is 9.61. The van der Waals surface area contributed by atoms with Gasteiger partial charge in [0.15, 0.2) is 0 Å². The monoisotopic (exact) mass is 250 g/mol. The first-order valence-corrected chi connectivity index (χ1v) is 8.14. The lowest BCUT2D eigenvalue weighted by molar-refractivity contribution is -0.00463. The minimum atomic E-state index is 0.695. The standard InChI is InChI=1S/C16H30N2/c1-13(2)10-14-12-17-7-5-16(14)6-9-18-8-3-4-15(18)11-16/h13-15,17H,3-12H2,1-2H3. The van der Waals surface area contributed by atoms with Crippen LogP contribution in [0.4, 0.5) is 0 Å². The Morgan fingerprint density at radius 2 is 2.17 bits per heavy atom. The van der Waals surface area contributed by atoms with Gasteiger partial charge in [-0.2, -0.15) is 0 Å². The van der Waals surface area contributed by atoms with E-state index < -0.39 is 0 Å². The largest absolute Gasteiger partial charge is 0.316 e. The minimum Gasteiger partial charge on any atom is -0.316 e. The zero-order valence-corrected chi connectivity index (χ0v) is 12.3.